The Morgan fingerprint density at radius 2 is 2.06 bits per heavy atom. The molecule has 0 amide bonds. The molecule has 0 heterocycles. The van der Waals surface area contributed by atoms with Crippen LogP contribution in [0.4, 0.5) is 0 Å². The summed E-state index contributed by atoms with van der Waals surface area (Å²) in [4.78, 5) is 12.4. The molecule has 0 unspecified atom stereocenters. The van der Waals surface area contributed by atoms with Gasteiger partial charge < -0.3 is 5.11 Å². The quantitative estimate of drug-likeness (QED) is 0.880. The van der Waals surface area contributed by atoms with Crippen molar-refractivity contribution in [2.45, 2.75) is 51.4 Å². The summed E-state index contributed by atoms with van der Waals surface area (Å²) in [5.74, 6) is 1.29. The molecular formula is C16H22O2. The van der Waals surface area contributed by atoms with E-state index in [1.807, 2.05) is 19.1 Å². The third kappa shape index (κ3) is 2.29. The van der Waals surface area contributed by atoms with Gasteiger partial charge >= 0.3 is 0 Å². The smallest absolute Gasteiger partial charge is 0.143 e. The van der Waals surface area contributed by atoms with Crippen LogP contribution in [-0.4, -0.2) is 10.9 Å². The molecule has 0 bridgehead atoms. The van der Waals surface area contributed by atoms with E-state index in [0.717, 1.165) is 31.2 Å². The minimum absolute atomic E-state index is 0.259. The highest BCUT2D eigenvalue weighted by atomic mass is 16.3. The van der Waals surface area contributed by atoms with Crippen LogP contribution in [0.15, 0.2) is 24.3 Å². The SMILES string of the molecule is CCC(=O)C1(c2cccc(O)c2)CCC(C)CC1. The lowest BCUT2D eigenvalue weighted by molar-refractivity contribution is -0.125. The number of aromatic hydroxyl groups is 1. The molecule has 1 N–H and O–H groups in total. The fourth-order valence-corrected chi connectivity index (χ4v) is 3.13. The molecule has 0 saturated heterocycles. The van der Waals surface area contributed by atoms with Gasteiger partial charge in [0, 0.05) is 6.42 Å². The number of phenolic OH excluding ortho intramolecular Hbond substituents is 1. The van der Waals surface area contributed by atoms with Crippen molar-refractivity contribution in [2.24, 2.45) is 5.92 Å². The van der Waals surface area contributed by atoms with E-state index in [1.54, 1.807) is 12.1 Å². The van der Waals surface area contributed by atoms with Gasteiger partial charge in [0.2, 0.25) is 0 Å². The minimum Gasteiger partial charge on any atom is -0.508 e. The molecule has 1 aliphatic rings. The second kappa shape index (κ2) is 5.13. The first-order valence-electron chi connectivity index (χ1n) is 6.91. The fraction of sp³-hybridized carbons (Fsp3) is 0.562. The predicted octanol–water partition coefficient (Wildman–Crippen LogP) is 3.82. The standard InChI is InChI=1S/C16H22O2/c1-3-15(18)16(9-7-12(2)8-10-16)13-5-4-6-14(17)11-13/h4-6,11-12,17H,3,7-10H2,1-2H3. The lowest BCUT2D eigenvalue weighted by Crippen LogP contribution is -2.39. The molecule has 2 nitrogen and oxygen atoms in total. The molecule has 0 atom stereocenters. The zero-order chi connectivity index (χ0) is 13.2. The van der Waals surface area contributed by atoms with Gasteiger partial charge in [-0.3, -0.25) is 4.79 Å². The maximum atomic E-state index is 12.4. The minimum atomic E-state index is -0.347. The van der Waals surface area contributed by atoms with E-state index in [0.29, 0.717) is 18.1 Å². The summed E-state index contributed by atoms with van der Waals surface area (Å²) in [5, 5.41) is 9.65. The van der Waals surface area contributed by atoms with E-state index >= 15 is 0 Å². The van der Waals surface area contributed by atoms with E-state index in [2.05, 4.69) is 6.92 Å². The largest absolute Gasteiger partial charge is 0.508 e. The van der Waals surface area contributed by atoms with Crippen molar-refractivity contribution in [2.75, 3.05) is 0 Å². The summed E-state index contributed by atoms with van der Waals surface area (Å²) in [7, 11) is 0. The van der Waals surface area contributed by atoms with Gasteiger partial charge in [-0.25, -0.2) is 0 Å². The van der Waals surface area contributed by atoms with Crippen molar-refractivity contribution in [1.29, 1.82) is 0 Å². The van der Waals surface area contributed by atoms with Crippen molar-refractivity contribution < 1.29 is 9.90 Å². The number of benzene rings is 1. The number of carbonyl (C=O) groups excluding carboxylic acids is 1. The highest BCUT2D eigenvalue weighted by Crippen LogP contribution is 2.43. The van der Waals surface area contributed by atoms with Crippen molar-refractivity contribution in [3.63, 3.8) is 0 Å². The predicted molar refractivity (Wildman–Crippen MR) is 72.7 cm³/mol. The first kappa shape index (κ1) is 13.1. The van der Waals surface area contributed by atoms with Gasteiger partial charge in [0.1, 0.15) is 11.5 Å². The Morgan fingerprint density at radius 1 is 1.39 bits per heavy atom. The summed E-state index contributed by atoms with van der Waals surface area (Å²) >= 11 is 0. The Kier molecular flexibility index (Phi) is 3.74. The Morgan fingerprint density at radius 3 is 2.61 bits per heavy atom. The van der Waals surface area contributed by atoms with Gasteiger partial charge in [-0.05, 0) is 49.3 Å². The van der Waals surface area contributed by atoms with Crippen molar-refractivity contribution in [1.82, 2.24) is 0 Å². The normalized spacial score (nSPS) is 28.0. The first-order valence-corrected chi connectivity index (χ1v) is 6.91. The van der Waals surface area contributed by atoms with Crippen LogP contribution >= 0.6 is 0 Å². The number of rotatable bonds is 3. The number of hydrogen-bond donors (Lipinski definition) is 1. The van der Waals surface area contributed by atoms with Gasteiger partial charge in [0.05, 0.1) is 5.41 Å². The summed E-state index contributed by atoms with van der Waals surface area (Å²) in [6, 6.07) is 7.26. The molecule has 1 aromatic rings. The van der Waals surface area contributed by atoms with E-state index in [4.69, 9.17) is 0 Å². The molecule has 0 radical (unpaired) electrons. The molecule has 0 aliphatic heterocycles. The number of phenols is 1. The zero-order valence-electron chi connectivity index (χ0n) is 11.3. The van der Waals surface area contributed by atoms with E-state index in [-0.39, 0.29) is 11.2 Å². The molecule has 1 aromatic carbocycles. The molecule has 1 aliphatic carbocycles. The molecule has 0 spiro atoms. The zero-order valence-corrected chi connectivity index (χ0v) is 11.3. The fourth-order valence-electron chi connectivity index (χ4n) is 3.13. The molecule has 2 rings (SSSR count). The second-order valence-corrected chi connectivity index (χ2v) is 5.59. The summed E-state index contributed by atoms with van der Waals surface area (Å²) in [6.45, 7) is 4.19. The number of Topliss-reactive ketones (excluding diaryl/α,β-unsaturated/α-hetero) is 1. The van der Waals surface area contributed by atoms with Crippen LogP contribution in [0, 0.1) is 5.92 Å². The van der Waals surface area contributed by atoms with Crippen LogP contribution < -0.4 is 0 Å². The Hall–Kier alpha value is -1.31. The maximum absolute atomic E-state index is 12.4. The van der Waals surface area contributed by atoms with Crippen molar-refractivity contribution >= 4 is 5.78 Å². The van der Waals surface area contributed by atoms with E-state index in [1.165, 1.54) is 0 Å². The molecule has 1 saturated carbocycles. The number of ketones is 1. The third-order valence-electron chi connectivity index (χ3n) is 4.38. The summed E-state index contributed by atoms with van der Waals surface area (Å²) in [5.41, 5.74) is 0.654. The van der Waals surface area contributed by atoms with E-state index in [9.17, 15) is 9.90 Å². The van der Waals surface area contributed by atoms with Crippen LogP contribution in [0.1, 0.15) is 51.5 Å². The lowest BCUT2D eigenvalue weighted by Gasteiger charge is -2.38. The van der Waals surface area contributed by atoms with Gasteiger partial charge in [-0.1, -0.05) is 26.0 Å². The Bertz CT molecular complexity index is 428. The molecule has 0 aromatic heterocycles. The first-order chi connectivity index (χ1) is 8.58. The van der Waals surface area contributed by atoms with Gasteiger partial charge in [-0.15, -0.1) is 0 Å². The van der Waals surface area contributed by atoms with Crippen molar-refractivity contribution in [3.05, 3.63) is 29.8 Å². The van der Waals surface area contributed by atoms with E-state index < -0.39 is 0 Å². The van der Waals surface area contributed by atoms with Crippen LogP contribution in [0.5, 0.6) is 5.75 Å². The Balaban J connectivity index is 2.39. The lowest BCUT2D eigenvalue weighted by atomic mass is 9.64. The molecule has 98 valence electrons. The highest BCUT2D eigenvalue weighted by molar-refractivity contribution is 5.90. The molecular weight excluding hydrogens is 224 g/mol. The molecule has 18 heavy (non-hydrogen) atoms. The topological polar surface area (TPSA) is 37.3 Å². The number of hydrogen-bond acceptors (Lipinski definition) is 2. The average Bonchev–Trinajstić information content (AvgIpc) is 2.39. The van der Waals surface area contributed by atoms with Crippen LogP contribution in [0.2, 0.25) is 0 Å². The van der Waals surface area contributed by atoms with Crippen LogP contribution in [0.3, 0.4) is 0 Å². The molecule has 1 fully saturated rings. The van der Waals surface area contributed by atoms with Crippen LogP contribution in [-0.2, 0) is 10.2 Å². The third-order valence-corrected chi connectivity index (χ3v) is 4.38. The maximum Gasteiger partial charge on any atom is 0.143 e. The highest BCUT2D eigenvalue weighted by Gasteiger charge is 2.41. The van der Waals surface area contributed by atoms with Gasteiger partial charge in [-0.2, -0.15) is 0 Å². The summed E-state index contributed by atoms with van der Waals surface area (Å²) < 4.78 is 0. The second-order valence-electron chi connectivity index (χ2n) is 5.59. The van der Waals surface area contributed by atoms with Crippen molar-refractivity contribution in [3.8, 4) is 5.75 Å². The monoisotopic (exact) mass is 246 g/mol. The average molecular weight is 246 g/mol. The number of carbonyl (C=O) groups is 1. The summed E-state index contributed by atoms with van der Waals surface area (Å²) in [6.07, 6.45) is 4.61. The molecule has 2 heteroatoms. The van der Waals surface area contributed by atoms with Crippen LogP contribution in [0.25, 0.3) is 0 Å². The van der Waals surface area contributed by atoms with Gasteiger partial charge in [0.15, 0.2) is 0 Å². The van der Waals surface area contributed by atoms with Gasteiger partial charge in [0.25, 0.3) is 0 Å². The Labute approximate surface area is 109 Å².